The monoisotopic (exact) mass is 402 g/mol. The zero-order valence-corrected chi connectivity index (χ0v) is 16.3. The number of anilines is 2. The van der Waals surface area contributed by atoms with Crippen molar-refractivity contribution in [3.8, 4) is 0 Å². The maximum Gasteiger partial charge on any atom is 0.262 e. The average molecular weight is 402 g/mol. The van der Waals surface area contributed by atoms with Crippen molar-refractivity contribution in [2.45, 2.75) is 18.7 Å². The summed E-state index contributed by atoms with van der Waals surface area (Å²) in [6.45, 7) is 3.58. The van der Waals surface area contributed by atoms with Gasteiger partial charge in [-0.3, -0.25) is 14.2 Å². The molecule has 3 aromatic rings. The first-order chi connectivity index (χ1) is 13.2. The van der Waals surface area contributed by atoms with Gasteiger partial charge in [0.2, 0.25) is 0 Å². The number of nitrogens with one attached hydrogen (secondary N) is 2. The van der Waals surface area contributed by atoms with Crippen molar-refractivity contribution in [1.29, 1.82) is 0 Å². The van der Waals surface area contributed by atoms with Gasteiger partial charge >= 0.3 is 0 Å². The van der Waals surface area contributed by atoms with Gasteiger partial charge in [0, 0.05) is 12.6 Å². The molecule has 0 unspecified atom stereocenters. The maximum atomic E-state index is 13.8. The Hall–Kier alpha value is -3.20. The first-order valence-electron chi connectivity index (χ1n) is 8.38. The molecule has 0 aliphatic carbocycles. The van der Waals surface area contributed by atoms with E-state index in [0.717, 1.165) is 11.8 Å². The highest BCUT2D eigenvalue weighted by Gasteiger charge is 2.19. The predicted octanol–water partition coefficient (Wildman–Crippen LogP) is 3.23. The molecule has 3 rings (SSSR count). The second-order valence-electron chi connectivity index (χ2n) is 6.24. The maximum absolute atomic E-state index is 13.8. The molecular weight excluding hydrogens is 383 g/mol. The van der Waals surface area contributed by atoms with Crippen molar-refractivity contribution < 1.29 is 17.6 Å². The summed E-state index contributed by atoms with van der Waals surface area (Å²) in [5, 5.41) is 6.99. The first-order valence-corrected chi connectivity index (χ1v) is 9.86. The standard InChI is InChI=1S/C19H19FN4O3S/c1-12-18(13(2)24(3)22-12)21-19(25)14-7-6-8-15(11-14)28(26,27)23-17-10-5-4-9-16(17)20/h4-11,23H,1-3H3,(H,21,25). The number of para-hydroxylation sites is 1. The van der Waals surface area contributed by atoms with E-state index < -0.39 is 21.7 Å². The molecule has 2 aromatic carbocycles. The number of aromatic nitrogens is 2. The number of rotatable bonds is 5. The van der Waals surface area contributed by atoms with Crippen LogP contribution < -0.4 is 10.0 Å². The van der Waals surface area contributed by atoms with Crippen LogP contribution in [0.15, 0.2) is 53.4 Å². The van der Waals surface area contributed by atoms with E-state index in [0.29, 0.717) is 11.4 Å². The van der Waals surface area contributed by atoms with E-state index in [1.807, 2.05) is 6.92 Å². The number of nitrogens with zero attached hydrogens (tertiary/aromatic N) is 2. The molecule has 0 saturated carbocycles. The third-order valence-corrected chi connectivity index (χ3v) is 5.64. The van der Waals surface area contributed by atoms with Crippen molar-refractivity contribution in [3.05, 3.63) is 71.3 Å². The first kappa shape index (κ1) is 19.6. The SMILES string of the molecule is Cc1nn(C)c(C)c1NC(=O)c1cccc(S(=O)(=O)Nc2ccccc2F)c1. The lowest BCUT2D eigenvalue weighted by molar-refractivity contribution is 0.102. The molecule has 0 bridgehead atoms. The second-order valence-corrected chi connectivity index (χ2v) is 7.92. The number of hydrogen-bond donors (Lipinski definition) is 2. The van der Waals surface area contributed by atoms with Crippen molar-refractivity contribution >= 4 is 27.3 Å². The molecular formula is C19H19FN4O3S. The fourth-order valence-electron chi connectivity index (χ4n) is 2.69. The highest BCUT2D eigenvalue weighted by molar-refractivity contribution is 7.92. The minimum absolute atomic E-state index is 0.150. The number of aryl methyl sites for hydroxylation is 2. The Morgan fingerprint density at radius 2 is 1.82 bits per heavy atom. The summed E-state index contributed by atoms with van der Waals surface area (Å²) in [5.41, 5.74) is 1.98. The molecule has 0 radical (unpaired) electrons. The van der Waals surface area contributed by atoms with E-state index in [4.69, 9.17) is 0 Å². The molecule has 1 aromatic heterocycles. The number of hydrogen-bond acceptors (Lipinski definition) is 4. The van der Waals surface area contributed by atoms with Gasteiger partial charge in [-0.15, -0.1) is 0 Å². The zero-order chi connectivity index (χ0) is 20.5. The molecule has 7 nitrogen and oxygen atoms in total. The molecule has 9 heteroatoms. The van der Waals surface area contributed by atoms with Gasteiger partial charge in [0.15, 0.2) is 0 Å². The summed E-state index contributed by atoms with van der Waals surface area (Å²) >= 11 is 0. The number of benzene rings is 2. The van der Waals surface area contributed by atoms with E-state index in [1.54, 1.807) is 18.7 Å². The molecule has 2 N–H and O–H groups in total. The zero-order valence-electron chi connectivity index (χ0n) is 15.5. The number of carbonyl (C=O) groups is 1. The van der Waals surface area contributed by atoms with E-state index in [9.17, 15) is 17.6 Å². The van der Waals surface area contributed by atoms with Crippen molar-refractivity contribution in [2.24, 2.45) is 7.05 Å². The summed E-state index contributed by atoms with van der Waals surface area (Å²) in [5.74, 6) is -1.16. The highest BCUT2D eigenvalue weighted by Crippen LogP contribution is 2.22. The average Bonchev–Trinajstić information content (AvgIpc) is 2.89. The van der Waals surface area contributed by atoms with E-state index in [1.165, 1.54) is 42.5 Å². The molecule has 0 aliphatic rings. The van der Waals surface area contributed by atoms with Crippen LogP contribution in [0.25, 0.3) is 0 Å². The van der Waals surface area contributed by atoms with Crippen LogP contribution >= 0.6 is 0 Å². The van der Waals surface area contributed by atoms with Crippen LogP contribution in [0.2, 0.25) is 0 Å². The number of amides is 1. The Labute approximate surface area is 162 Å². The number of halogens is 1. The Bertz CT molecular complexity index is 1160. The molecule has 146 valence electrons. The van der Waals surface area contributed by atoms with Gasteiger partial charge < -0.3 is 5.32 Å². The quantitative estimate of drug-likeness (QED) is 0.685. The van der Waals surface area contributed by atoms with Crippen LogP contribution in [0.4, 0.5) is 15.8 Å². The van der Waals surface area contributed by atoms with Crippen LogP contribution in [0.1, 0.15) is 21.7 Å². The van der Waals surface area contributed by atoms with Crippen LogP contribution in [-0.2, 0) is 17.1 Å². The molecule has 1 amide bonds. The third kappa shape index (κ3) is 3.89. The molecule has 0 fully saturated rings. The van der Waals surface area contributed by atoms with Gasteiger partial charge in [0.25, 0.3) is 15.9 Å². The topological polar surface area (TPSA) is 93.1 Å². The summed E-state index contributed by atoms with van der Waals surface area (Å²) in [7, 11) is -2.30. The second kappa shape index (κ2) is 7.43. The number of carbonyl (C=O) groups excluding carboxylic acids is 1. The van der Waals surface area contributed by atoms with Gasteiger partial charge in [-0.25, -0.2) is 12.8 Å². The lowest BCUT2D eigenvalue weighted by Gasteiger charge is -2.10. The fraction of sp³-hybridized carbons (Fsp3) is 0.158. The highest BCUT2D eigenvalue weighted by atomic mass is 32.2. The summed E-state index contributed by atoms with van der Waals surface area (Å²) in [6.07, 6.45) is 0. The van der Waals surface area contributed by atoms with Crippen LogP contribution in [0.5, 0.6) is 0 Å². The normalized spacial score (nSPS) is 11.3. The Kier molecular flexibility index (Phi) is 5.19. The van der Waals surface area contributed by atoms with Crippen molar-refractivity contribution in [1.82, 2.24) is 9.78 Å². The van der Waals surface area contributed by atoms with Crippen LogP contribution in [0.3, 0.4) is 0 Å². The summed E-state index contributed by atoms with van der Waals surface area (Å²) in [6, 6.07) is 11.0. The predicted molar refractivity (Wildman–Crippen MR) is 104 cm³/mol. The lowest BCUT2D eigenvalue weighted by Crippen LogP contribution is -2.17. The van der Waals surface area contributed by atoms with Gasteiger partial charge in [-0.1, -0.05) is 18.2 Å². The number of sulfonamides is 1. The molecule has 0 aliphatic heterocycles. The van der Waals surface area contributed by atoms with Crippen molar-refractivity contribution in [3.63, 3.8) is 0 Å². The minimum atomic E-state index is -4.06. The smallest absolute Gasteiger partial charge is 0.262 e. The van der Waals surface area contributed by atoms with Crippen molar-refractivity contribution in [2.75, 3.05) is 10.0 Å². The molecule has 0 saturated heterocycles. The van der Waals surface area contributed by atoms with Gasteiger partial charge in [0.05, 0.1) is 27.7 Å². The molecule has 28 heavy (non-hydrogen) atoms. The van der Waals surface area contributed by atoms with E-state index >= 15 is 0 Å². The van der Waals surface area contributed by atoms with E-state index in [2.05, 4.69) is 15.1 Å². The molecule has 0 spiro atoms. The van der Waals surface area contributed by atoms with Gasteiger partial charge in [-0.2, -0.15) is 5.10 Å². The fourth-order valence-corrected chi connectivity index (χ4v) is 3.81. The lowest BCUT2D eigenvalue weighted by atomic mass is 10.2. The van der Waals surface area contributed by atoms with Crippen LogP contribution in [-0.4, -0.2) is 24.1 Å². The Morgan fingerprint density at radius 3 is 2.46 bits per heavy atom. The van der Waals surface area contributed by atoms with Crippen LogP contribution in [0, 0.1) is 19.7 Å². The van der Waals surface area contributed by atoms with E-state index in [-0.39, 0.29) is 16.1 Å². The minimum Gasteiger partial charge on any atom is -0.319 e. The molecule has 0 atom stereocenters. The Morgan fingerprint density at radius 1 is 1.11 bits per heavy atom. The third-order valence-electron chi connectivity index (χ3n) is 4.27. The summed E-state index contributed by atoms with van der Waals surface area (Å²) in [4.78, 5) is 12.4. The molecule has 1 heterocycles. The largest absolute Gasteiger partial charge is 0.319 e. The Balaban J connectivity index is 1.87. The van der Waals surface area contributed by atoms with Gasteiger partial charge in [0.1, 0.15) is 5.82 Å². The summed E-state index contributed by atoms with van der Waals surface area (Å²) < 4.78 is 42.8. The van der Waals surface area contributed by atoms with Gasteiger partial charge in [-0.05, 0) is 44.2 Å².